The molecule has 0 N–H and O–H groups in total. The van der Waals surface area contributed by atoms with Crippen LogP contribution >= 0.6 is 0 Å². The van der Waals surface area contributed by atoms with E-state index in [1.165, 1.54) is 12.8 Å². The number of hydrogen-bond acceptors (Lipinski definition) is 0. The molecule has 0 aromatic rings. The van der Waals surface area contributed by atoms with Gasteiger partial charge < -0.3 is 0 Å². The maximum atomic E-state index is 2.28. The maximum absolute atomic E-state index is 2.28. The van der Waals surface area contributed by atoms with Crippen LogP contribution in [0.3, 0.4) is 0 Å². The summed E-state index contributed by atoms with van der Waals surface area (Å²) in [6, 6.07) is 0. The van der Waals surface area contributed by atoms with Gasteiger partial charge in [0.2, 0.25) is 0 Å². The summed E-state index contributed by atoms with van der Waals surface area (Å²) >= 11 is 0. The summed E-state index contributed by atoms with van der Waals surface area (Å²) < 4.78 is 0. The molecule has 0 aliphatic heterocycles. The third kappa shape index (κ3) is 90.8. The van der Waals surface area contributed by atoms with Crippen molar-refractivity contribution < 1.29 is 0 Å². The molecule has 0 radical (unpaired) electrons. The van der Waals surface area contributed by atoms with E-state index < -0.39 is 0 Å². The van der Waals surface area contributed by atoms with E-state index >= 15 is 0 Å². The van der Waals surface area contributed by atoms with E-state index in [1.54, 1.807) is 0 Å². The first-order chi connectivity index (χ1) is 4.81. The molecule has 0 nitrogen and oxygen atoms in total. The van der Waals surface area contributed by atoms with E-state index in [2.05, 4.69) is 48.5 Å². The van der Waals surface area contributed by atoms with E-state index in [1.807, 2.05) is 0 Å². The largest absolute Gasteiger partial charge is 0.0776 e. The van der Waals surface area contributed by atoms with Gasteiger partial charge in [-0.25, -0.2) is 0 Å². The minimum absolute atomic E-state index is 0. The fraction of sp³-hybridized carbons (Fsp3) is 1.00. The molecule has 0 heterocycles. The average Bonchev–Trinajstić information content (AvgIpc) is 1.83. The Morgan fingerprint density at radius 2 is 0.929 bits per heavy atom. The van der Waals surface area contributed by atoms with Gasteiger partial charge in [-0.15, -0.1) is 0 Å². The number of hydrogen-bond donors (Lipinski definition) is 0. The Hall–Kier alpha value is 0. The highest BCUT2D eigenvalue weighted by atomic mass is 14.0. The van der Waals surface area contributed by atoms with Gasteiger partial charge in [0.25, 0.3) is 0 Å². The smallest absolute Gasteiger partial charge is 0.0411 e. The lowest BCUT2D eigenvalue weighted by Gasteiger charge is -2.05. The van der Waals surface area contributed by atoms with Gasteiger partial charge in [-0.1, -0.05) is 83.6 Å². The van der Waals surface area contributed by atoms with Gasteiger partial charge in [0, 0.05) is 0 Å². The van der Waals surface area contributed by atoms with Crippen LogP contribution in [0.1, 0.15) is 83.6 Å². The summed E-state index contributed by atoms with van der Waals surface area (Å²) in [6.07, 6.45) is 2.66. The minimum atomic E-state index is 0. The SMILES string of the molecule is C.C.C.CC(C)(C)C.CCC(C)CC. The Balaban J connectivity index is -0.0000000321. The van der Waals surface area contributed by atoms with Gasteiger partial charge in [0.15, 0.2) is 0 Å². The Bertz CT molecular complexity index is 56.6. The van der Waals surface area contributed by atoms with Crippen molar-refractivity contribution in [1.82, 2.24) is 0 Å². The summed E-state index contributed by atoms with van der Waals surface area (Å²) in [7, 11) is 0. The molecule has 0 aromatic carbocycles. The van der Waals surface area contributed by atoms with Crippen molar-refractivity contribution in [3.63, 3.8) is 0 Å². The van der Waals surface area contributed by atoms with Crippen LogP contribution in [0.5, 0.6) is 0 Å². The molecular weight excluding hydrogens is 168 g/mol. The molecule has 14 heavy (non-hydrogen) atoms. The quantitative estimate of drug-likeness (QED) is 0.490. The van der Waals surface area contributed by atoms with Crippen LogP contribution in [0.25, 0.3) is 0 Å². The van der Waals surface area contributed by atoms with Gasteiger partial charge in [0.05, 0.1) is 0 Å². The van der Waals surface area contributed by atoms with Crippen molar-refractivity contribution in [2.24, 2.45) is 11.3 Å². The zero-order chi connectivity index (χ0) is 9.49. The van der Waals surface area contributed by atoms with Crippen molar-refractivity contribution in [2.75, 3.05) is 0 Å². The first kappa shape index (κ1) is 29.2. The maximum Gasteiger partial charge on any atom is -0.0411 e. The van der Waals surface area contributed by atoms with E-state index in [0.717, 1.165) is 5.92 Å². The Labute approximate surface area is 95.5 Å². The normalized spacial score (nSPS) is 8.57. The van der Waals surface area contributed by atoms with Crippen molar-refractivity contribution in [3.05, 3.63) is 0 Å². The molecule has 0 aromatic heterocycles. The zero-order valence-corrected chi connectivity index (χ0v) is 9.49. The standard InChI is InChI=1S/C6H14.C5H12.3CH4/c1-4-6(3)5-2;1-5(2,3)4;;;/h6H,4-5H2,1-3H3;1-4H3;3*1H4. The van der Waals surface area contributed by atoms with Crippen molar-refractivity contribution >= 4 is 0 Å². The van der Waals surface area contributed by atoms with Crippen LogP contribution in [-0.2, 0) is 0 Å². The lowest BCUT2D eigenvalue weighted by Crippen LogP contribution is -1.93. The fourth-order valence-corrected chi connectivity index (χ4v) is 0.289. The molecule has 0 bridgehead atoms. The summed E-state index contributed by atoms with van der Waals surface area (Å²) in [5.41, 5.74) is 0.500. The first-order valence-electron chi connectivity index (χ1n) is 4.81. The second kappa shape index (κ2) is 15.5. The van der Waals surface area contributed by atoms with E-state index in [0.29, 0.717) is 5.41 Å². The molecule has 0 amide bonds. The topological polar surface area (TPSA) is 0 Å². The third-order valence-corrected chi connectivity index (χ3v) is 1.39. The zero-order valence-electron chi connectivity index (χ0n) is 9.49. The van der Waals surface area contributed by atoms with E-state index in [9.17, 15) is 0 Å². The van der Waals surface area contributed by atoms with Crippen LogP contribution in [0, 0.1) is 11.3 Å². The Morgan fingerprint density at radius 3 is 0.929 bits per heavy atom. The molecule has 0 heteroatoms. The lowest BCUT2D eigenvalue weighted by molar-refractivity contribution is 0.469. The summed E-state index contributed by atoms with van der Waals surface area (Å²) in [4.78, 5) is 0. The highest BCUT2D eigenvalue weighted by Gasteiger charge is 1.95. The predicted octanol–water partition coefficient (Wildman–Crippen LogP) is 6.40. The van der Waals surface area contributed by atoms with Crippen molar-refractivity contribution in [2.45, 2.75) is 83.6 Å². The van der Waals surface area contributed by atoms with Gasteiger partial charge in [-0.05, 0) is 11.3 Å². The summed E-state index contributed by atoms with van der Waals surface area (Å²) in [6.45, 7) is 15.5. The minimum Gasteiger partial charge on any atom is -0.0776 e. The van der Waals surface area contributed by atoms with E-state index in [-0.39, 0.29) is 22.3 Å². The Morgan fingerprint density at radius 1 is 0.786 bits per heavy atom. The molecule has 0 spiro atoms. The highest BCUT2D eigenvalue weighted by Crippen LogP contribution is 2.08. The second-order valence-electron chi connectivity index (χ2n) is 4.92. The van der Waals surface area contributed by atoms with Gasteiger partial charge in [-0.2, -0.15) is 0 Å². The monoisotopic (exact) mass is 206 g/mol. The third-order valence-electron chi connectivity index (χ3n) is 1.39. The molecule has 0 fully saturated rings. The molecule has 0 unspecified atom stereocenters. The van der Waals surface area contributed by atoms with Crippen molar-refractivity contribution in [1.29, 1.82) is 0 Å². The number of rotatable bonds is 2. The van der Waals surface area contributed by atoms with Crippen LogP contribution in [0.4, 0.5) is 0 Å². The summed E-state index contributed by atoms with van der Waals surface area (Å²) in [5.74, 6) is 0.935. The second-order valence-corrected chi connectivity index (χ2v) is 4.92. The van der Waals surface area contributed by atoms with Crippen LogP contribution < -0.4 is 0 Å². The average molecular weight is 206 g/mol. The van der Waals surface area contributed by atoms with Crippen LogP contribution in [0.15, 0.2) is 0 Å². The lowest BCUT2D eigenvalue weighted by atomic mass is 10.0. The Kier molecular flexibility index (Phi) is 32.3. The highest BCUT2D eigenvalue weighted by molar-refractivity contribution is 4.47. The van der Waals surface area contributed by atoms with Gasteiger partial charge in [-0.3, -0.25) is 0 Å². The van der Waals surface area contributed by atoms with E-state index in [4.69, 9.17) is 0 Å². The first-order valence-corrected chi connectivity index (χ1v) is 4.81. The fourth-order valence-electron chi connectivity index (χ4n) is 0.289. The molecule has 0 rings (SSSR count). The molecule has 0 aliphatic carbocycles. The van der Waals surface area contributed by atoms with Crippen LogP contribution in [-0.4, -0.2) is 0 Å². The predicted molar refractivity (Wildman–Crippen MR) is 75.1 cm³/mol. The van der Waals surface area contributed by atoms with Crippen LogP contribution in [0.2, 0.25) is 0 Å². The molecule has 0 saturated heterocycles. The van der Waals surface area contributed by atoms with Gasteiger partial charge in [0.1, 0.15) is 0 Å². The van der Waals surface area contributed by atoms with Crippen molar-refractivity contribution in [3.8, 4) is 0 Å². The summed E-state index contributed by atoms with van der Waals surface area (Å²) in [5, 5.41) is 0. The molecule has 0 aliphatic rings. The molecule has 0 atom stereocenters. The molecule has 0 saturated carbocycles. The molecule has 94 valence electrons. The molecular formula is C14H38. The van der Waals surface area contributed by atoms with Gasteiger partial charge >= 0.3 is 0 Å².